The highest BCUT2D eigenvalue weighted by molar-refractivity contribution is 7.12. The van der Waals surface area contributed by atoms with Crippen LogP contribution >= 0.6 is 11.3 Å². The maximum absolute atomic E-state index is 12.4. The van der Waals surface area contributed by atoms with E-state index in [4.69, 9.17) is 0 Å². The Kier molecular flexibility index (Phi) is 4.53. The molecule has 3 nitrogen and oxygen atoms in total. The molecule has 0 saturated heterocycles. The second-order valence-corrected chi connectivity index (χ2v) is 5.76. The standard InChI is InChI=1S/C15H20N2OS/c1-4-11-9-14(17(6-3)16-11)15(18)10-13-8-7-12(5-2)19-13/h7-9H,4-6,10H2,1-3H3. The first-order valence-electron chi connectivity index (χ1n) is 6.85. The molecule has 0 unspecified atom stereocenters. The van der Waals surface area contributed by atoms with Crippen molar-refractivity contribution in [1.29, 1.82) is 0 Å². The van der Waals surface area contributed by atoms with Gasteiger partial charge in [-0.3, -0.25) is 9.48 Å². The third-order valence-electron chi connectivity index (χ3n) is 3.18. The zero-order valence-corrected chi connectivity index (χ0v) is 12.6. The Labute approximate surface area is 118 Å². The quantitative estimate of drug-likeness (QED) is 0.757. The zero-order valence-electron chi connectivity index (χ0n) is 11.8. The van der Waals surface area contributed by atoms with E-state index in [0.717, 1.165) is 35.7 Å². The molecule has 2 heterocycles. The molecule has 0 aliphatic rings. The molecule has 0 aliphatic heterocycles. The Hall–Kier alpha value is -1.42. The minimum atomic E-state index is 0.165. The van der Waals surface area contributed by atoms with Crippen LogP contribution in [0, 0.1) is 0 Å². The van der Waals surface area contributed by atoms with Gasteiger partial charge in [0, 0.05) is 22.7 Å². The van der Waals surface area contributed by atoms with E-state index in [1.807, 2.05) is 17.7 Å². The highest BCUT2D eigenvalue weighted by atomic mass is 32.1. The van der Waals surface area contributed by atoms with Crippen molar-refractivity contribution in [3.05, 3.63) is 39.3 Å². The van der Waals surface area contributed by atoms with Crippen molar-refractivity contribution in [1.82, 2.24) is 9.78 Å². The van der Waals surface area contributed by atoms with E-state index in [0.29, 0.717) is 6.42 Å². The van der Waals surface area contributed by atoms with Crippen LogP contribution in [0.1, 0.15) is 46.7 Å². The molecular formula is C15H20N2OS. The first-order valence-corrected chi connectivity index (χ1v) is 7.67. The van der Waals surface area contributed by atoms with Gasteiger partial charge in [0.25, 0.3) is 0 Å². The monoisotopic (exact) mass is 276 g/mol. The van der Waals surface area contributed by atoms with Crippen LogP contribution in [0.25, 0.3) is 0 Å². The smallest absolute Gasteiger partial charge is 0.186 e. The normalized spacial score (nSPS) is 10.9. The van der Waals surface area contributed by atoms with Gasteiger partial charge >= 0.3 is 0 Å². The van der Waals surface area contributed by atoms with Crippen molar-refractivity contribution in [2.75, 3.05) is 0 Å². The molecule has 0 radical (unpaired) electrons. The molecule has 4 heteroatoms. The topological polar surface area (TPSA) is 34.9 Å². The Morgan fingerprint density at radius 1 is 1.21 bits per heavy atom. The summed E-state index contributed by atoms with van der Waals surface area (Å²) in [6.45, 7) is 6.95. The number of carbonyl (C=O) groups is 1. The second kappa shape index (κ2) is 6.15. The number of ketones is 1. The van der Waals surface area contributed by atoms with Crippen LogP contribution in [0.2, 0.25) is 0 Å². The van der Waals surface area contributed by atoms with Crippen molar-refractivity contribution in [3.8, 4) is 0 Å². The van der Waals surface area contributed by atoms with Crippen molar-refractivity contribution in [3.63, 3.8) is 0 Å². The summed E-state index contributed by atoms with van der Waals surface area (Å²) < 4.78 is 1.81. The molecule has 2 aromatic heterocycles. The van der Waals surface area contributed by atoms with E-state index >= 15 is 0 Å². The van der Waals surface area contributed by atoms with Gasteiger partial charge in [-0.05, 0) is 38.0 Å². The van der Waals surface area contributed by atoms with Crippen LogP contribution < -0.4 is 0 Å². The van der Waals surface area contributed by atoms with E-state index < -0.39 is 0 Å². The summed E-state index contributed by atoms with van der Waals surface area (Å²) in [5, 5.41) is 4.43. The fourth-order valence-corrected chi connectivity index (χ4v) is 3.02. The predicted molar refractivity (Wildman–Crippen MR) is 79.0 cm³/mol. The fourth-order valence-electron chi connectivity index (χ4n) is 2.06. The van der Waals surface area contributed by atoms with Gasteiger partial charge in [-0.15, -0.1) is 11.3 Å². The van der Waals surface area contributed by atoms with Crippen molar-refractivity contribution < 1.29 is 4.79 Å². The third kappa shape index (κ3) is 3.13. The number of Topliss-reactive ketones (excluding diaryl/α,β-unsaturated/α-hetero) is 1. The first kappa shape index (κ1) is 14.0. The maximum atomic E-state index is 12.4. The molecule has 0 saturated carbocycles. The van der Waals surface area contributed by atoms with Gasteiger partial charge in [-0.2, -0.15) is 5.10 Å². The Balaban J connectivity index is 2.17. The average Bonchev–Trinajstić information content (AvgIpc) is 3.04. The van der Waals surface area contributed by atoms with Crippen LogP contribution in [0.4, 0.5) is 0 Å². The van der Waals surface area contributed by atoms with Crippen molar-refractivity contribution >= 4 is 17.1 Å². The molecule has 102 valence electrons. The molecule has 0 bridgehead atoms. The van der Waals surface area contributed by atoms with E-state index in [2.05, 4.69) is 31.1 Å². The number of rotatable bonds is 6. The third-order valence-corrected chi connectivity index (χ3v) is 4.41. The van der Waals surface area contributed by atoms with Gasteiger partial charge in [-0.1, -0.05) is 13.8 Å². The van der Waals surface area contributed by atoms with Crippen molar-refractivity contribution in [2.24, 2.45) is 0 Å². The maximum Gasteiger partial charge on any atom is 0.186 e. The second-order valence-electron chi connectivity index (χ2n) is 4.51. The number of aromatic nitrogens is 2. The lowest BCUT2D eigenvalue weighted by atomic mass is 10.1. The molecule has 0 spiro atoms. The molecule has 0 atom stereocenters. The summed E-state index contributed by atoms with van der Waals surface area (Å²) >= 11 is 1.73. The molecule has 19 heavy (non-hydrogen) atoms. The first-order chi connectivity index (χ1) is 9.17. The predicted octanol–water partition coefficient (Wildman–Crippen LogP) is 3.51. The Morgan fingerprint density at radius 3 is 2.53 bits per heavy atom. The summed E-state index contributed by atoms with van der Waals surface area (Å²) in [5.74, 6) is 0.165. The van der Waals surface area contributed by atoms with E-state index in [9.17, 15) is 4.79 Å². The molecule has 2 rings (SSSR count). The number of hydrogen-bond donors (Lipinski definition) is 0. The van der Waals surface area contributed by atoms with Gasteiger partial charge in [0.1, 0.15) is 5.69 Å². The van der Waals surface area contributed by atoms with E-state index in [1.165, 1.54) is 4.88 Å². The summed E-state index contributed by atoms with van der Waals surface area (Å²) in [6.07, 6.45) is 2.39. The lowest BCUT2D eigenvalue weighted by Gasteiger charge is -2.02. The highest BCUT2D eigenvalue weighted by Crippen LogP contribution is 2.19. The number of thiophene rings is 1. The fraction of sp³-hybridized carbons (Fsp3) is 0.467. The lowest BCUT2D eigenvalue weighted by Crippen LogP contribution is -2.11. The SMILES string of the molecule is CCc1cc(C(=O)Cc2ccc(CC)s2)n(CC)n1. The minimum Gasteiger partial charge on any atom is -0.292 e. The molecule has 2 aromatic rings. The summed E-state index contributed by atoms with van der Waals surface area (Å²) in [7, 11) is 0. The number of nitrogens with zero attached hydrogens (tertiary/aromatic N) is 2. The van der Waals surface area contributed by atoms with Gasteiger partial charge in [0.15, 0.2) is 5.78 Å². The van der Waals surface area contributed by atoms with Crippen LogP contribution in [0.5, 0.6) is 0 Å². The van der Waals surface area contributed by atoms with Gasteiger partial charge in [0.05, 0.1) is 5.69 Å². The Morgan fingerprint density at radius 2 is 1.95 bits per heavy atom. The van der Waals surface area contributed by atoms with Crippen LogP contribution in [0.3, 0.4) is 0 Å². The van der Waals surface area contributed by atoms with Gasteiger partial charge < -0.3 is 0 Å². The Bertz CT molecular complexity index is 568. The number of aryl methyl sites for hydroxylation is 3. The molecule has 0 aliphatic carbocycles. The number of hydrogen-bond acceptors (Lipinski definition) is 3. The summed E-state index contributed by atoms with van der Waals surface area (Å²) in [6, 6.07) is 6.11. The van der Waals surface area contributed by atoms with E-state index in [-0.39, 0.29) is 5.78 Å². The van der Waals surface area contributed by atoms with Gasteiger partial charge in [-0.25, -0.2) is 0 Å². The lowest BCUT2D eigenvalue weighted by molar-refractivity contribution is 0.0983. The minimum absolute atomic E-state index is 0.165. The van der Waals surface area contributed by atoms with Crippen LogP contribution in [-0.2, 0) is 25.8 Å². The molecule has 0 amide bonds. The highest BCUT2D eigenvalue weighted by Gasteiger charge is 2.15. The molecule has 0 fully saturated rings. The van der Waals surface area contributed by atoms with Crippen LogP contribution in [-0.4, -0.2) is 15.6 Å². The molecule has 0 aromatic carbocycles. The summed E-state index contributed by atoms with van der Waals surface area (Å²) in [4.78, 5) is 14.8. The van der Waals surface area contributed by atoms with E-state index in [1.54, 1.807) is 11.3 Å². The zero-order chi connectivity index (χ0) is 13.8. The average molecular weight is 276 g/mol. The van der Waals surface area contributed by atoms with Crippen LogP contribution in [0.15, 0.2) is 18.2 Å². The molecular weight excluding hydrogens is 256 g/mol. The molecule has 0 N–H and O–H groups in total. The van der Waals surface area contributed by atoms with Crippen molar-refractivity contribution in [2.45, 2.75) is 46.6 Å². The largest absolute Gasteiger partial charge is 0.292 e. The number of carbonyl (C=O) groups excluding carboxylic acids is 1. The van der Waals surface area contributed by atoms with Gasteiger partial charge in [0.2, 0.25) is 0 Å². The summed E-state index contributed by atoms with van der Waals surface area (Å²) in [5.41, 5.74) is 1.73.